The Kier molecular flexibility index (Phi) is 5.75. The van der Waals surface area contributed by atoms with Crippen molar-refractivity contribution < 1.29 is 9.59 Å². The van der Waals surface area contributed by atoms with Gasteiger partial charge in [0, 0.05) is 38.5 Å². The molecular formula is C20H24N6O2S. The average Bonchev–Trinajstić information content (AvgIpc) is 3.34. The number of nitrogens with one attached hydrogen (secondary N) is 2. The molecule has 0 aliphatic carbocycles. The Morgan fingerprint density at radius 3 is 3.00 bits per heavy atom. The van der Waals surface area contributed by atoms with Crippen LogP contribution in [0.25, 0.3) is 11.0 Å². The summed E-state index contributed by atoms with van der Waals surface area (Å²) in [6, 6.07) is 7.84. The molecule has 4 rings (SSSR count). The van der Waals surface area contributed by atoms with Crippen LogP contribution in [0.3, 0.4) is 0 Å². The summed E-state index contributed by atoms with van der Waals surface area (Å²) in [7, 11) is 1.81. The van der Waals surface area contributed by atoms with Crippen molar-refractivity contribution in [3.8, 4) is 0 Å². The Morgan fingerprint density at radius 1 is 1.31 bits per heavy atom. The number of carbonyl (C=O) groups excluding carboxylic acids is 2. The maximum atomic E-state index is 12.5. The van der Waals surface area contributed by atoms with E-state index in [1.54, 1.807) is 9.80 Å². The van der Waals surface area contributed by atoms with Crippen molar-refractivity contribution >= 4 is 39.4 Å². The lowest BCUT2D eigenvalue weighted by Crippen LogP contribution is -2.46. The number of amides is 3. The molecule has 0 radical (unpaired) electrons. The summed E-state index contributed by atoms with van der Waals surface area (Å²) >= 11 is 1.40. The molecule has 9 heteroatoms. The number of para-hydroxylation sites is 2. The molecule has 3 amide bonds. The van der Waals surface area contributed by atoms with Crippen molar-refractivity contribution in [1.82, 2.24) is 25.2 Å². The van der Waals surface area contributed by atoms with Gasteiger partial charge in [-0.05, 0) is 25.0 Å². The van der Waals surface area contributed by atoms with Crippen LogP contribution in [0.2, 0.25) is 0 Å². The van der Waals surface area contributed by atoms with Gasteiger partial charge in [-0.3, -0.25) is 9.69 Å². The molecule has 3 aromatic rings. The third kappa shape index (κ3) is 4.56. The number of H-pyrrole nitrogens is 1. The molecule has 0 spiro atoms. The fourth-order valence-corrected chi connectivity index (χ4v) is 4.18. The molecule has 0 bridgehead atoms. The number of carbonyl (C=O) groups is 2. The molecule has 0 unspecified atom stereocenters. The molecule has 152 valence electrons. The fourth-order valence-electron chi connectivity index (χ4n) is 3.34. The lowest BCUT2D eigenvalue weighted by atomic mass is 10.2. The summed E-state index contributed by atoms with van der Waals surface area (Å²) in [6.07, 6.45) is 2.76. The van der Waals surface area contributed by atoms with E-state index in [-0.39, 0.29) is 18.4 Å². The number of aromatic amines is 1. The lowest BCUT2D eigenvalue weighted by Gasteiger charge is -2.24. The zero-order valence-corrected chi connectivity index (χ0v) is 17.2. The van der Waals surface area contributed by atoms with Crippen LogP contribution in [0.1, 0.15) is 24.4 Å². The predicted molar refractivity (Wildman–Crippen MR) is 113 cm³/mol. The first kappa shape index (κ1) is 19.4. The maximum Gasteiger partial charge on any atom is 0.323 e. The minimum atomic E-state index is -0.119. The zero-order chi connectivity index (χ0) is 20.2. The Labute approximate surface area is 172 Å². The molecule has 1 aliphatic rings. The van der Waals surface area contributed by atoms with Crippen LogP contribution >= 0.6 is 11.3 Å². The number of benzene rings is 1. The number of aryl methyl sites for hydroxylation is 1. The molecule has 2 aromatic heterocycles. The zero-order valence-electron chi connectivity index (χ0n) is 16.4. The van der Waals surface area contributed by atoms with Gasteiger partial charge < -0.3 is 15.2 Å². The van der Waals surface area contributed by atoms with Gasteiger partial charge in [0.1, 0.15) is 5.82 Å². The number of anilines is 1. The van der Waals surface area contributed by atoms with Crippen molar-refractivity contribution in [2.45, 2.75) is 25.7 Å². The minimum absolute atomic E-state index is 0.0227. The Balaban J connectivity index is 1.26. The number of hydrogen-bond donors (Lipinski definition) is 2. The van der Waals surface area contributed by atoms with E-state index in [0.717, 1.165) is 36.1 Å². The number of hydrogen-bond acceptors (Lipinski definition) is 5. The largest absolute Gasteiger partial charge is 0.345 e. The number of urea groups is 1. The lowest BCUT2D eigenvalue weighted by molar-refractivity contribution is -0.129. The first-order valence-electron chi connectivity index (χ1n) is 9.77. The van der Waals surface area contributed by atoms with Crippen LogP contribution in [0.4, 0.5) is 9.93 Å². The molecule has 0 saturated carbocycles. The monoisotopic (exact) mass is 412 g/mol. The second-order valence-corrected chi connectivity index (χ2v) is 7.99. The van der Waals surface area contributed by atoms with Crippen LogP contribution in [0.15, 0.2) is 29.6 Å². The van der Waals surface area contributed by atoms with Crippen LogP contribution in [0, 0.1) is 0 Å². The summed E-state index contributed by atoms with van der Waals surface area (Å²) < 4.78 is 0. The van der Waals surface area contributed by atoms with E-state index in [2.05, 4.69) is 20.3 Å². The number of thiazole rings is 1. The number of rotatable bonds is 7. The summed E-state index contributed by atoms with van der Waals surface area (Å²) in [5, 5.41) is 5.32. The molecule has 1 aliphatic heterocycles. The predicted octanol–water partition coefficient (Wildman–Crippen LogP) is 2.57. The quantitative estimate of drug-likeness (QED) is 0.624. The van der Waals surface area contributed by atoms with Gasteiger partial charge in [0.25, 0.3) is 0 Å². The second-order valence-electron chi connectivity index (χ2n) is 7.15. The molecule has 1 aromatic carbocycles. The second kappa shape index (κ2) is 8.60. The molecule has 1 fully saturated rings. The van der Waals surface area contributed by atoms with E-state index in [9.17, 15) is 9.59 Å². The first-order chi connectivity index (χ1) is 14.1. The molecule has 1 saturated heterocycles. The smallest absolute Gasteiger partial charge is 0.323 e. The number of aromatic nitrogens is 3. The van der Waals surface area contributed by atoms with Gasteiger partial charge >= 0.3 is 6.03 Å². The first-order valence-corrected chi connectivity index (χ1v) is 10.7. The van der Waals surface area contributed by atoms with Crippen LogP contribution < -0.4 is 10.2 Å². The molecule has 8 nitrogen and oxygen atoms in total. The third-order valence-electron chi connectivity index (χ3n) is 4.95. The molecule has 2 N–H and O–H groups in total. The molecule has 0 atom stereocenters. The van der Waals surface area contributed by atoms with Crippen molar-refractivity contribution in [2.24, 2.45) is 0 Å². The van der Waals surface area contributed by atoms with E-state index >= 15 is 0 Å². The Bertz CT molecular complexity index is 980. The van der Waals surface area contributed by atoms with Crippen molar-refractivity contribution in [3.63, 3.8) is 0 Å². The van der Waals surface area contributed by atoms with Crippen molar-refractivity contribution in [1.29, 1.82) is 0 Å². The number of fused-ring (bicyclic) bond motifs is 1. The van der Waals surface area contributed by atoms with Gasteiger partial charge in [0.15, 0.2) is 5.13 Å². The third-order valence-corrected chi connectivity index (χ3v) is 5.87. The SMILES string of the molecule is CN(CCCc1nc2ccccc2[nH]1)C(=O)Cc1csc(N2CCCNC2=O)n1. The van der Waals surface area contributed by atoms with Gasteiger partial charge in [-0.2, -0.15) is 0 Å². The van der Waals surface area contributed by atoms with Gasteiger partial charge in [0.2, 0.25) is 5.91 Å². The summed E-state index contributed by atoms with van der Waals surface area (Å²) in [5.74, 6) is 0.963. The van der Waals surface area contributed by atoms with Gasteiger partial charge in [-0.1, -0.05) is 12.1 Å². The minimum Gasteiger partial charge on any atom is -0.345 e. The topological polar surface area (TPSA) is 94.2 Å². The highest BCUT2D eigenvalue weighted by molar-refractivity contribution is 7.14. The Morgan fingerprint density at radius 2 is 2.17 bits per heavy atom. The average molecular weight is 413 g/mol. The Hall–Kier alpha value is -2.94. The van der Waals surface area contributed by atoms with E-state index in [4.69, 9.17) is 0 Å². The normalized spacial score (nSPS) is 14.2. The van der Waals surface area contributed by atoms with Crippen molar-refractivity contribution in [2.75, 3.05) is 31.6 Å². The summed E-state index contributed by atoms with van der Waals surface area (Å²) in [5.41, 5.74) is 2.71. The highest BCUT2D eigenvalue weighted by atomic mass is 32.1. The molecule has 29 heavy (non-hydrogen) atoms. The van der Waals surface area contributed by atoms with Crippen LogP contribution in [-0.2, 0) is 17.6 Å². The van der Waals surface area contributed by atoms with Gasteiger partial charge in [0.05, 0.1) is 23.1 Å². The number of imidazole rings is 1. The van der Waals surface area contributed by atoms with Crippen LogP contribution in [-0.4, -0.2) is 58.5 Å². The van der Waals surface area contributed by atoms with Crippen molar-refractivity contribution in [3.05, 3.63) is 41.2 Å². The standard InChI is InChI=1S/C20H24N6O2S/c1-25(10-4-8-17-23-15-6-2-3-7-16(15)24-17)18(27)12-14-13-29-20(22-14)26-11-5-9-21-19(26)28/h2-3,6-7,13H,4-5,8-12H2,1H3,(H,21,28)(H,23,24). The molecular weight excluding hydrogens is 388 g/mol. The van der Waals surface area contributed by atoms with Gasteiger partial charge in [-0.15, -0.1) is 11.3 Å². The summed E-state index contributed by atoms with van der Waals surface area (Å²) in [4.78, 5) is 40.2. The molecule has 3 heterocycles. The van der Waals surface area contributed by atoms with E-state index in [1.165, 1.54) is 11.3 Å². The number of likely N-dealkylation sites (N-methyl/N-ethyl adjacent to an activating group) is 1. The van der Waals surface area contributed by atoms with E-state index in [0.29, 0.717) is 30.5 Å². The summed E-state index contributed by atoms with van der Waals surface area (Å²) in [6.45, 7) is 2.01. The van der Waals surface area contributed by atoms with Gasteiger partial charge in [-0.25, -0.2) is 14.8 Å². The highest BCUT2D eigenvalue weighted by Gasteiger charge is 2.22. The highest BCUT2D eigenvalue weighted by Crippen LogP contribution is 2.22. The number of nitrogens with zero attached hydrogens (tertiary/aromatic N) is 4. The maximum absolute atomic E-state index is 12.5. The van der Waals surface area contributed by atoms with E-state index in [1.807, 2.05) is 36.7 Å². The fraction of sp³-hybridized carbons (Fsp3) is 0.400. The van der Waals surface area contributed by atoms with E-state index < -0.39 is 0 Å². The van der Waals surface area contributed by atoms with Crippen LogP contribution in [0.5, 0.6) is 0 Å².